The fourth-order valence-corrected chi connectivity index (χ4v) is 3.59. The average Bonchev–Trinajstić information content (AvgIpc) is 3.30. The quantitative estimate of drug-likeness (QED) is 0.583. The van der Waals surface area contributed by atoms with Crippen LogP contribution in [-0.2, 0) is 0 Å². The van der Waals surface area contributed by atoms with E-state index < -0.39 is 11.2 Å². The lowest BCUT2D eigenvalue weighted by Gasteiger charge is -2.07. The summed E-state index contributed by atoms with van der Waals surface area (Å²) in [5, 5.41) is 4.43. The number of aromatic nitrogens is 5. The number of aromatic amines is 2. The number of nitrogens with zero attached hydrogens (tertiary/aromatic N) is 3. The average molecular weight is 363 g/mol. The summed E-state index contributed by atoms with van der Waals surface area (Å²) in [6.45, 7) is 0. The maximum Gasteiger partial charge on any atom is 0.325 e. The van der Waals surface area contributed by atoms with Crippen molar-refractivity contribution in [3.63, 3.8) is 0 Å². The Morgan fingerprint density at radius 3 is 2.89 bits per heavy atom. The Hall–Kier alpha value is -3.55. The van der Waals surface area contributed by atoms with Gasteiger partial charge in [0.2, 0.25) is 0 Å². The zero-order chi connectivity index (χ0) is 18.5. The van der Waals surface area contributed by atoms with E-state index in [1.54, 1.807) is 29.0 Å². The van der Waals surface area contributed by atoms with Gasteiger partial charge in [-0.1, -0.05) is 12.1 Å². The van der Waals surface area contributed by atoms with Crippen LogP contribution >= 0.6 is 0 Å². The van der Waals surface area contributed by atoms with E-state index in [1.807, 2.05) is 12.1 Å². The van der Waals surface area contributed by atoms with E-state index in [9.17, 15) is 14.0 Å². The molecule has 3 aromatic heterocycles. The van der Waals surface area contributed by atoms with Crippen LogP contribution in [0.15, 0.2) is 58.5 Å². The first-order chi connectivity index (χ1) is 13.1. The first-order valence-corrected chi connectivity index (χ1v) is 8.52. The summed E-state index contributed by atoms with van der Waals surface area (Å²) in [5.41, 5.74) is 2.25. The Morgan fingerprint density at radius 1 is 1.19 bits per heavy atom. The number of hydrogen-bond donors (Lipinski definition) is 2. The van der Waals surface area contributed by atoms with E-state index in [-0.39, 0.29) is 23.2 Å². The molecule has 27 heavy (non-hydrogen) atoms. The largest absolute Gasteiger partial charge is 0.325 e. The van der Waals surface area contributed by atoms with E-state index in [2.05, 4.69) is 20.1 Å². The van der Waals surface area contributed by atoms with Crippen LogP contribution in [0.3, 0.4) is 0 Å². The lowest BCUT2D eigenvalue weighted by molar-refractivity contribution is 0.625. The molecule has 0 spiro atoms. The van der Waals surface area contributed by atoms with Crippen LogP contribution in [0.2, 0.25) is 0 Å². The predicted octanol–water partition coefficient (Wildman–Crippen LogP) is 2.18. The molecule has 4 aromatic rings. The Balaban J connectivity index is 1.62. The summed E-state index contributed by atoms with van der Waals surface area (Å²) >= 11 is 0. The van der Waals surface area contributed by atoms with Gasteiger partial charge in [0.05, 0.1) is 11.3 Å². The normalized spacial score (nSPS) is 18.7. The van der Waals surface area contributed by atoms with Gasteiger partial charge in [-0.3, -0.25) is 9.78 Å². The first kappa shape index (κ1) is 15.7. The first-order valence-electron chi connectivity index (χ1n) is 8.52. The van der Waals surface area contributed by atoms with Crippen LogP contribution < -0.4 is 11.2 Å². The molecule has 1 fully saturated rings. The lowest BCUT2D eigenvalue weighted by Crippen LogP contribution is -2.23. The van der Waals surface area contributed by atoms with E-state index in [4.69, 9.17) is 0 Å². The van der Waals surface area contributed by atoms with Crippen molar-refractivity contribution in [2.45, 2.75) is 18.3 Å². The molecule has 134 valence electrons. The summed E-state index contributed by atoms with van der Waals surface area (Å²) in [5.74, 6) is 0.116. The Kier molecular flexibility index (Phi) is 3.33. The number of hydrogen-bond acceptors (Lipinski definition) is 4. The number of H-pyrrole nitrogens is 2. The minimum atomic E-state index is -0.568. The van der Waals surface area contributed by atoms with Crippen molar-refractivity contribution in [2.75, 3.05) is 0 Å². The number of fused-ring (bicyclic) bond motifs is 1. The topological polar surface area (TPSA) is 95.9 Å². The number of nitrogens with one attached hydrogen (secondary N) is 2. The van der Waals surface area contributed by atoms with Crippen LogP contribution in [-0.4, -0.2) is 24.6 Å². The van der Waals surface area contributed by atoms with Crippen LogP contribution in [0.4, 0.5) is 4.39 Å². The predicted molar refractivity (Wildman–Crippen MR) is 96.2 cm³/mol. The van der Waals surface area contributed by atoms with Gasteiger partial charge in [-0.05, 0) is 42.0 Å². The number of imidazole rings is 1. The third kappa shape index (κ3) is 2.66. The van der Waals surface area contributed by atoms with Crippen molar-refractivity contribution < 1.29 is 4.39 Å². The summed E-state index contributed by atoms with van der Waals surface area (Å²) in [6, 6.07) is 8.45. The molecule has 0 bridgehead atoms. The zero-order valence-corrected chi connectivity index (χ0v) is 14.0. The number of benzene rings is 1. The van der Waals surface area contributed by atoms with E-state index in [0.29, 0.717) is 11.3 Å². The molecule has 0 saturated heterocycles. The van der Waals surface area contributed by atoms with Gasteiger partial charge in [0.15, 0.2) is 5.65 Å². The monoisotopic (exact) mass is 363 g/mol. The fraction of sp³-hybridized carbons (Fsp3) is 0.158. The van der Waals surface area contributed by atoms with Crippen LogP contribution in [0, 0.1) is 5.82 Å². The van der Waals surface area contributed by atoms with E-state index in [0.717, 1.165) is 17.5 Å². The van der Waals surface area contributed by atoms with E-state index in [1.165, 1.54) is 12.3 Å². The number of rotatable bonds is 3. The van der Waals surface area contributed by atoms with E-state index >= 15 is 0 Å². The second kappa shape index (κ2) is 5.73. The summed E-state index contributed by atoms with van der Waals surface area (Å²) in [7, 11) is 0. The Labute approximate surface area is 151 Å². The second-order valence-corrected chi connectivity index (χ2v) is 6.67. The summed E-state index contributed by atoms with van der Waals surface area (Å²) in [4.78, 5) is 32.5. The molecule has 5 rings (SSSR count). The van der Waals surface area contributed by atoms with Crippen LogP contribution in [0.5, 0.6) is 0 Å². The zero-order valence-electron chi connectivity index (χ0n) is 14.0. The highest BCUT2D eigenvalue weighted by Gasteiger charge is 2.41. The van der Waals surface area contributed by atoms with Crippen LogP contribution in [0.1, 0.15) is 29.4 Å². The molecule has 2 atom stereocenters. The maximum atomic E-state index is 13.6. The summed E-state index contributed by atoms with van der Waals surface area (Å²) < 4.78 is 15.2. The SMILES string of the molecule is O=c1[nH]cc(-c2cc(C3CC3c3cccc(F)c3)c3nccn3n2)c(=O)[nH]1. The van der Waals surface area contributed by atoms with Crippen molar-refractivity contribution in [1.29, 1.82) is 0 Å². The van der Waals surface area contributed by atoms with Gasteiger partial charge in [0, 0.05) is 24.2 Å². The molecule has 1 aliphatic rings. The van der Waals surface area contributed by atoms with Crippen molar-refractivity contribution in [2.24, 2.45) is 0 Å². The fourth-order valence-electron chi connectivity index (χ4n) is 3.59. The molecule has 0 radical (unpaired) electrons. The van der Waals surface area contributed by atoms with Crippen LogP contribution in [0.25, 0.3) is 16.9 Å². The smallest absolute Gasteiger partial charge is 0.313 e. The lowest BCUT2D eigenvalue weighted by atomic mass is 10.0. The molecule has 1 aliphatic carbocycles. The molecule has 3 heterocycles. The van der Waals surface area contributed by atoms with Gasteiger partial charge < -0.3 is 4.98 Å². The molecule has 8 heteroatoms. The van der Waals surface area contributed by atoms with Crippen molar-refractivity contribution in [3.8, 4) is 11.3 Å². The standard InChI is InChI=1S/C19H14FN5O2/c20-11-3-1-2-10(6-11)12-7-13(12)14-8-16(24-25-5-4-21-17(14)25)15-9-22-19(27)23-18(15)26/h1-6,8-9,12-13H,7H2,(H2,22,23,26,27). The Bertz CT molecular complexity index is 1290. The van der Waals surface area contributed by atoms with Crippen molar-refractivity contribution in [1.82, 2.24) is 24.6 Å². The highest BCUT2D eigenvalue weighted by molar-refractivity contribution is 5.63. The van der Waals surface area contributed by atoms with Gasteiger partial charge >= 0.3 is 5.69 Å². The molecule has 2 unspecified atom stereocenters. The van der Waals surface area contributed by atoms with Gasteiger partial charge in [0.25, 0.3) is 5.56 Å². The highest BCUT2D eigenvalue weighted by Crippen LogP contribution is 2.55. The molecule has 2 N–H and O–H groups in total. The summed E-state index contributed by atoms with van der Waals surface area (Å²) in [6.07, 6.45) is 5.58. The third-order valence-electron chi connectivity index (χ3n) is 4.95. The number of halogens is 1. The molecule has 0 aliphatic heterocycles. The second-order valence-electron chi connectivity index (χ2n) is 6.67. The highest BCUT2D eigenvalue weighted by atomic mass is 19.1. The molecule has 1 aromatic carbocycles. The molecular formula is C19H14FN5O2. The Morgan fingerprint density at radius 2 is 2.07 bits per heavy atom. The van der Waals surface area contributed by atoms with Gasteiger partial charge in [-0.15, -0.1) is 0 Å². The maximum absolute atomic E-state index is 13.6. The van der Waals surface area contributed by atoms with Gasteiger partial charge in [-0.25, -0.2) is 18.7 Å². The molecule has 7 nitrogen and oxygen atoms in total. The van der Waals surface area contributed by atoms with Crippen molar-refractivity contribution in [3.05, 3.63) is 86.7 Å². The molecule has 1 saturated carbocycles. The minimum absolute atomic E-state index is 0.167. The molecule has 0 amide bonds. The van der Waals surface area contributed by atoms with Gasteiger partial charge in [-0.2, -0.15) is 5.10 Å². The molecular weight excluding hydrogens is 349 g/mol. The van der Waals surface area contributed by atoms with Crippen molar-refractivity contribution >= 4 is 5.65 Å². The minimum Gasteiger partial charge on any atom is -0.313 e. The third-order valence-corrected chi connectivity index (χ3v) is 4.95. The van der Waals surface area contributed by atoms with Gasteiger partial charge in [0.1, 0.15) is 5.82 Å².